The average molecular weight is 297 g/mol. The van der Waals surface area contributed by atoms with Crippen LogP contribution in [0.5, 0.6) is 5.75 Å². The molecule has 1 atom stereocenters. The number of rotatable bonds is 8. The predicted octanol–water partition coefficient (Wildman–Crippen LogP) is 3.21. The summed E-state index contributed by atoms with van der Waals surface area (Å²) in [5.41, 5.74) is 0. The number of para-hydroxylation sites is 1. The van der Waals surface area contributed by atoms with Gasteiger partial charge in [-0.3, -0.25) is 5.01 Å². The second kappa shape index (κ2) is 8.22. The Bertz CT molecular complexity index is 526. The molecule has 1 aliphatic rings. The van der Waals surface area contributed by atoms with Crippen LogP contribution in [0.1, 0.15) is 0 Å². The Morgan fingerprint density at radius 2 is 1.64 bits per heavy atom. The molecule has 4 nitrogen and oxygen atoms in total. The van der Waals surface area contributed by atoms with Crippen LogP contribution in [0.2, 0.25) is 0 Å². The lowest BCUT2D eigenvalue weighted by molar-refractivity contribution is -0.203. The molecule has 1 unspecified atom stereocenters. The summed E-state index contributed by atoms with van der Waals surface area (Å²) in [4.78, 5) is 0. The molecule has 0 spiro atoms. The molecule has 0 aromatic heterocycles. The monoisotopic (exact) mass is 297 g/mol. The molecule has 22 heavy (non-hydrogen) atoms. The van der Waals surface area contributed by atoms with Crippen molar-refractivity contribution in [3.05, 3.63) is 80.6 Å². The minimum Gasteiger partial charge on any atom is -0.470 e. The van der Waals surface area contributed by atoms with Gasteiger partial charge in [0.05, 0.1) is 13.1 Å². The van der Waals surface area contributed by atoms with Crippen molar-refractivity contribution in [2.45, 2.75) is 6.23 Å². The molecule has 116 valence electrons. The molecule has 1 aromatic carbocycles. The standard InChI is InChI=1S/C18H23N3O/c1-4-13-19-16-12-18(22-17-10-8-7-9-11-17)20(14-5-2)21(19)15-6-3/h4-12,16,18H,1-3,13-15H2. The Morgan fingerprint density at radius 3 is 2.27 bits per heavy atom. The van der Waals surface area contributed by atoms with Gasteiger partial charge in [-0.2, -0.15) is 5.01 Å². The van der Waals surface area contributed by atoms with Crippen LogP contribution in [-0.2, 0) is 0 Å². The largest absolute Gasteiger partial charge is 0.470 e. The van der Waals surface area contributed by atoms with E-state index in [-0.39, 0.29) is 6.23 Å². The summed E-state index contributed by atoms with van der Waals surface area (Å²) < 4.78 is 6.09. The number of hydrogen-bond acceptors (Lipinski definition) is 4. The molecule has 2 rings (SSSR count). The summed E-state index contributed by atoms with van der Waals surface area (Å²) in [7, 11) is 0. The zero-order valence-electron chi connectivity index (χ0n) is 12.8. The number of hydrazine groups is 2. The van der Waals surface area contributed by atoms with Crippen LogP contribution in [0, 0.1) is 0 Å². The molecule has 4 heteroatoms. The van der Waals surface area contributed by atoms with Crippen molar-refractivity contribution in [2.24, 2.45) is 0 Å². The van der Waals surface area contributed by atoms with Gasteiger partial charge in [-0.25, -0.2) is 0 Å². The fraction of sp³-hybridized carbons (Fsp3) is 0.222. The third-order valence-corrected chi connectivity index (χ3v) is 3.23. The Balaban J connectivity index is 2.23. The Hall–Kier alpha value is -2.30. The zero-order chi connectivity index (χ0) is 15.8. The highest BCUT2D eigenvalue weighted by molar-refractivity contribution is 5.22. The van der Waals surface area contributed by atoms with E-state index in [9.17, 15) is 0 Å². The Labute approximate surface area is 132 Å². The first kappa shape index (κ1) is 16.1. The quantitative estimate of drug-likeness (QED) is 0.686. The number of hydrogen-bond donors (Lipinski definition) is 0. The van der Waals surface area contributed by atoms with E-state index in [0.717, 1.165) is 12.3 Å². The van der Waals surface area contributed by atoms with E-state index in [1.165, 1.54) is 0 Å². The van der Waals surface area contributed by atoms with Gasteiger partial charge in [0.15, 0.2) is 6.23 Å². The third kappa shape index (κ3) is 3.87. The summed E-state index contributed by atoms with van der Waals surface area (Å²) in [6.07, 6.45) is 9.44. The Kier molecular flexibility index (Phi) is 6.01. The molecule has 1 aliphatic heterocycles. The molecule has 0 fully saturated rings. The summed E-state index contributed by atoms with van der Waals surface area (Å²) in [6, 6.07) is 9.80. The highest BCUT2D eigenvalue weighted by Gasteiger charge is 2.29. The number of nitrogens with zero attached hydrogens (tertiary/aromatic N) is 3. The lowest BCUT2D eigenvalue weighted by Crippen LogP contribution is -2.59. The molecule has 0 saturated heterocycles. The van der Waals surface area contributed by atoms with Crippen molar-refractivity contribution in [1.29, 1.82) is 0 Å². The van der Waals surface area contributed by atoms with Crippen LogP contribution in [0.15, 0.2) is 80.6 Å². The fourth-order valence-electron chi connectivity index (χ4n) is 2.31. The van der Waals surface area contributed by atoms with Gasteiger partial charge in [-0.1, -0.05) is 36.4 Å². The van der Waals surface area contributed by atoms with Crippen molar-refractivity contribution in [2.75, 3.05) is 19.6 Å². The van der Waals surface area contributed by atoms with E-state index in [1.807, 2.05) is 60.8 Å². The van der Waals surface area contributed by atoms with Gasteiger partial charge >= 0.3 is 0 Å². The van der Waals surface area contributed by atoms with Crippen molar-refractivity contribution in [1.82, 2.24) is 15.1 Å². The van der Waals surface area contributed by atoms with Gasteiger partial charge < -0.3 is 4.74 Å². The fourth-order valence-corrected chi connectivity index (χ4v) is 2.31. The molecule has 0 aliphatic carbocycles. The summed E-state index contributed by atoms with van der Waals surface area (Å²) >= 11 is 0. The van der Waals surface area contributed by atoms with Crippen molar-refractivity contribution in [3.63, 3.8) is 0 Å². The maximum Gasteiger partial charge on any atom is 0.187 e. The van der Waals surface area contributed by atoms with Crippen molar-refractivity contribution < 1.29 is 4.74 Å². The van der Waals surface area contributed by atoms with Crippen LogP contribution in [-0.4, -0.2) is 41.0 Å². The van der Waals surface area contributed by atoms with Crippen LogP contribution in [0.3, 0.4) is 0 Å². The number of benzene rings is 1. The maximum atomic E-state index is 6.09. The molecule has 0 bridgehead atoms. The van der Waals surface area contributed by atoms with Gasteiger partial charge in [0, 0.05) is 12.7 Å². The van der Waals surface area contributed by atoms with Gasteiger partial charge in [0.1, 0.15) is 5.75 Å². The first-order valence-corrected chi connectivity index (χ1v) is 7.33. The van der Waals surface area contributed by atoms with E-state index < -0.39 is 0 Å². The first-order chi connectivity index (χ1) is 10.8. The van der Waals surface area contributed by atoms with E-state index in [0.29, 0.717) is 13.1 Å². The van der Waals surface area contributed by atoms with Gasteiger partial charge in [0.2, 0.25) is 0 Å². The van der Waals surface area contributed by atoms with Crippen LogP contribution in [0.4, 0.5) is 0 Å². The topological polar surface area (TPSA) is 19.0 Å². The van der Waals surface area contributed by atoms with E-state index in [1.54, 1.807) is 0 Å². The van der Waals surface area contributed by atoms with Crippen LogP contribution >= 0.6 is 0 Å². The lowest BCUT2D eigenvalue weighted by atomic mass is 10.3. The maximum absolute atomic E-state index is 6.09. The molecule has 1 heterocycles. The van der Waals surface area contributed by atoms with Gasteiger partial charge in [-0.05, 0) is 18.2 Å². The minimum absolute atomic E-state index is 0.193. The molecule has 0 amide bonds. The zero-order valence-corrected chi connectivity index (χ0v) is 12.8. The van der Waals surface area contributed by atoms with Crippen molar-refractivity contribution >= 4 is 0 Å². The second-order valence-corrected chi connectivity index (χ2v) is 4.83. The number of ether oxygens (including phenoxy) is 1. The van der Waals surface area contributed by atoms with E-state index >= 15 is 0 Å². The predicted molar refractivity (Wildman–Crippen MR) is 90.7 cm³/mol. The molecule has 0 saturated carbocycles. The molecule has 1 aromatic rings. The molecule has 0 N–H and O–H groups in total. The first-order valence-electron chi connectivity index (χ1n) is 7.33. The smallest absolute Gasteiger partial charge is 0.187 e. The molecule has 0 radical (unpaired) electrons. The van der Waals surface area contributed by atoms with E-state index in [2.05, 4.69) is 34.9 Å². The van der Waals surface area contributed by atoms with Crippen molar-refractivity contribution in [3.8, 4) is 5.75 Å². The average Bonchev–Trinajstić information content (AvgIpc) is 2.54. The SMILES string of the molecule is C=CCN1C=CC(Oc2ccccc2)N(CC=C)N1CC=C. The minimum atomic E-state index is -0.193. The Morgan fingerprint density at radius 1 is 0.955 bits per heavy atom. The van der Waals surface area contributed by atoms with Gasteiger partial charge in [-0.15, -0.1) is 24.9 Å². The summed E-state index contributed by atoms with van der Waals surface area (Å²) in [5, 5.41) is 6.26. The highest BCUT2D eigenvalue weighted by atomic mass is 16.5. The highest BCUT2D eigenvalue weighted by Crippen LogP contribution is 2.21. The van der Waals surface area contributed by atoms with Crippen LogP contribution < -0.4 is 4.74 Å². The lowest BCUT2D eigenvalue weighted by Gasteiger charge is -2.46. The normalized spacial score (nSPS) is 18.9. The third-order valence-electron chi connectivity index (χ3n) is 3.23. The van der Waals surface area contributed by atoms with E-state index in [4.69, 9.17) is 4.74 Å². The molecular weight excluding hydrogens is 274 g/mol. The summed E-state index contributed by atoms with van der Waals surface area (Å²) in [5.74, 6) is 0.835. The van der Waals surface area contributed by atoms with Crippen LogP contribution in [0.25, 0.3) is 0 Å². The molecular formula is C18H23N3O. The summed E-state index contributed by atoms with van der Waals surface area (Å²) in [6.45, 7) is 13.6. The van der Waals surface area contributed by atoms with Gasteiger partial charge in [0.25, 0.3) is 0 Å². The second-order valence-electron chi connectivity index (χ2n) is 4.83.